The number of benzene rings is 3. The van der Waals surface area contributed by atoms with Crippen molar-refractivity contribution < 1.29 is 0 Å². The molecule has 0 unspecified atom stereocenters. The molecule has 3 aromatic rings. The van der Waals surface area contributed by atoms with Crippen molar-refractivity contribution in [3.63, 3.8) is 0 Å². The molecule has 3 nitrogen and oxygen atoms in total. The minimum absolute atomic E-state index is 0.582. The van der Waals surface area contributed by atoms with Gasteiger partial charge in [-0.1, -0.05) is 36.4 Å². The number of hydrogen-bond donors (Lipinski definition) is 2. The Morgan fingerprint density at radius 1 is 0.826 bits per heavy atom. The van der Waals surface area contributed by atoms with E-state index in [2.05, 4.69) is 45.9 Å². The molecule has 0 saturated carbocycles. The zero-order valence-corrected chi connectivity index (χ0v) is 14.0. The van der Waals surface area contributed by atoms with Crippen LogP contribution in [0.1, 0.15) is 0 Å². The summed E-state index contributed by atoms with van der Waals surface area (Å²) in [6.07, 6.45) is 0. The fourth-order valence-corrected chi connectivity index (χ4v) is 2.69. The SMILES string of the molecule is CN(C)c1ccc(NC(=S)Nc2cccc3ccccc23)cc1. The predicted molar refractivity (Wildman–Crippen MR) is 105 cm³/mol. The van der Waals surface area contributed by atoms with Gasteiger partial charge in [0.25, 0.3) is 0 Å². The molecule has 0 heterocycles. The molecule has 0 aliphatic heterocycles. The molecule has 0 amide bonds. The van der Waals surface area contributed by atoms with Crippen LogP contribution in [0.25, 0.3) is 10.8 Å². The molecule has 3 aromatic carbocycles. The molecule has 116 valence electrons. The van der Waals surface area contributed by atoms with E-state index in [0.717, 1.165) is 22.4 Å². The van der Waals surface area contributed by atoms with Crippen molar-refractivity contribution in [1.29, 1.82) is 0 Å². The third kappa shape index (κ3) is 3.60. The van der Waals surface area contributed by atoms with Crippen molar-refractivity contribution in [2.24, 2.45) is 0 Å². The molecule has 0 aliphatic rings. The summed E-state index contributed by atoms with van der Waals surface area (Å²) in [4.78, 5) is 2.07. The van der Waals surface area contributed by atoms with Gasteiger partial charge in [-0.25, -0.2) is 0 Å². The highest BCUT2D eigenvalue weighted by atomic mass is 32.1. The van der Waals surface area contributed by atoms with Crippen LogP contribution >= 0.6 is 12.2 Å². The van der Waals surface area contributed by atoms with Gasteiger partial charge < -0.3 is 15.5 Å². The number of anilines is 3. The summed E-state index contributed by atoms with van der Waals surface area (Å²) in [6.45, 7) is 0. The van der Waals surface area contributed by atoms with Gasteiger partial charge >= 0.3 is 0 Å². The minimum atomic E-state index is 0.582. The van der Waals surface area contributed by atoms with Gasteiger partial charge in [-0.3, -0.25) is 0 Å². The number of rotatable bonds is 3. The van der Waals surface area contributed by atoms with Gasteiger partial charge in [0.05, 0.1) is 0 Å². The first-order valence-electron chi connectivity index (χ1n) is 7.46. The lowest BCUT2D eigenvalue weighted by Gasteiger charge is -2.15. The fourth-order valence-electron chi connectivity index (χ4n) is 2.46. The summed E-state index contributed by atoms with van der Waals surface area (Å²) in [5, 5.41) is 9.43. The normalized spacial score (nSPS) is 10.3. The second-order valence-corrected chi connectivity index (χ2v) is 5.96. The number of nitrogens with one attached hydrogen (secondary N) is 2. The first-order valence-corrected chi connectivity index (χ1v) is 7.87. The molecule has 23 heavy (non-hydrogen) atoms. The van der Waals surface area contributed by atoms with E-state index < -0.39 is 0 Å². The van der Waals surface area contributed by atoms with Crippen molar-refractivity contribution in [2.45, 2.75) is 0 Å². The van der Waals surface area contributed by atoms with Gasteiger partial charge in [-0.2, -0.15) is 0 Å². The van der Waals surface area contributed by atoms with E-state index in [1.54, 1.807) is 0 Å². The zero-order valence-electron chi connectivity index (χ0n) is 13.2. The second-order valence-electron chi connectivity index (χ2n) is 5.55. The van der Waals surface area contributed by atoms with E-state index in [-0.39, 0.29) is 0 Å². The summed E-state index contributed by atoms with van der Waals surface area (Å²) < 4.78 is 0. The number of fused-ring (bicyclic) bond motifs is 1. The third-order valence-electron chi connectivity index (χ3n) is 3.68. The van der Waals surface area contributed by atoms with Crippen LogP contribution in [0.15, 0.2) is 66.7 Å². The molecule has 0 radical (unpaired) electrons. The van der Waals surface area contributed by atoms with Crippen LogP contribution in [0.4, 0.5) is 17.1 Å². The topological polar surface area (TPSA) is 27.3 Å². The standard InChI is InChI=1S/C19H19N3S/c1-22(2)16-12-10-15(11-13-16)20-19(23)21-18-9-5-7-14-6-3-4-8-17(14)18/h3-13H,1-2H3,(H2,20,21,23). The summed E-state index contributed by atoms with van der Waals surface area (Å²) in [5.74, 6) is 0. The minimum Gasteiger partial charge on any atom is -0.378 e. The molecular weight excluding hydrogens is 302 g/mol. The lowest BCUT2D eigenvalue weighted by molar-refractivity contribution is 1.13. The Morgan fingerprint density at radius 2 is 1.52 bits per heavy atom. The van der Waals surface area contributed by atoms with Crippen molar-refractivity contribution in [2.75, 3.05) is 29.6 Å². The molecule has 0 fully saturated rings. The Kier molecular flexibility index (Phi) is 4.44. The molecule has 0 spiro atoms. The number of nitrogens with zero attached hydrogens (tertiary/aromatic N) is 1. The van der Waals surface area contributed by atoms with Crippen molar-refractivity contribution in [1.82, 2.24) is 0 Å². The van der Waals surface area contributed by atoms with E-state index in [1.807, 2.05) is 50.5 Å². The molecule has 0 atom stereocenters. The predicted octanol–water partition coefficient (Wildman–Crippen LogP) is 4.71. The van der Waals surface area contributed by atoms with E-state index in [4.69, 9.17) is 12.2 Å². The van der Waals surface area contributed by atoms with Crippen LogP contribution in [-0.4, -0.2) is 19.2 Å². The van der Waals surface area contributed by atoms with Crippen molar-refractivity contribution in [3.05, 3.63) is 66.7 Å². The Bertz CT molecular complexity index is 820. The fraction of sp³-hybridized carbons (Fsp3) is 0.105. The van der Waals surface area contributed by atoms with Crippen LogP contribution < -0.4 is 15.5 Å². The highest BCUT2D eigenvalue weighted by Gasteiger charge is 2.03. The average molecular weight is 321 g/mol. The Balaban J connectivity index is 1.73. The van der Waals surface area contributed by atoms with E-state index in [9.17, 15) is 0 Å². The van der Waals surface area contributed by atoms with Gasteiger partial charge in [0, 0.05) is 36.5 Å². The first kappa shape index (κ1) is 15.3. The smallest absolute Gasteiger partial charge is 0.175 e. The van der Waals surface area contributed by atoms with Gasteiger partial charge in [0.15, 0.2) is 5.11 Å². The largest absolute Gasteiger partial charge is 0.378 e. The molecule has 0 saturated heterocycles. The van der Waals surface area contributed by atoms with Gasteiger partial charge in [-0.15, -0.1) is 0 Å². The highest BCUT2D eigenvalue weighted by Crippen LogP contribution is 2.23. The van der Waals surface area contributed by atoms with E-state index in [1.165, 1.54) is 5.39 Å². The summed E-state index contributed by atoms with van der Waals surface area (Å²) >= 11 is 5.43. The Hall–Kier alpha value is -2.59. The van der Waals surface area contributed by atoms with E-state index in [0.29, 0.717) is 5.11 Å². The van der Waals surface area contributed by atoms with Crippen molar-refractivity contribution >= 4 is 45.2 Å². The quantitative estimate of drug-likeness (QED) is 0.683. The molecule has 2 N–H and O–H groups in total. The van der Waals surface area contributed by atoms with Crippen LogP contribution in [0.3, 0.4) is 0 Å². The first-order chi connectivity index (χ1) is 11.1. The Morgan fingerprint density at radius 3 is 2.26 bits per heavy atom. The van der Waals surface area contributed by atoms with Crippen molar-refractivity contribution in [3.8, 4) is 0 Å². The monoisotopic (exact) mass is 321 g/mol. The molecular formula is C19H19N3S. The zero-order chi connectivity index (χ0) is 16.2. The number of hydrogen-bond acceptors (Lipinski definition) is 2. The van der Waals surface area contributed by atoms with Crippen LogP contribution in [0.5, 0.6) is 0 Å². The molecule has 3 rings (SSSR count). The third-order valence-corrected chi connectivity index (χ3v) is 3.88. The number of thiocarbonyl (C=S) groups is 1. The maximum Gasteiger partial charge on any atom is 0.175 e. The Labute approximate surface area is 141 Å². The maximum absolute atomic E-state index is 5.43. The average Bonchev–Trinajstić information content (AvgIpc) is 2.55. The van der Waals surface area contributed by atoms with Crippen LogP contribution in [-0.2, 0) is 0 Å². The van der Waals surface area contributed by atoms with Gasteiger partial charge in [0.2, 0.25) is 0 Å². The van der Waals surface area contributed by atoms with Crippen LogP contribution in [0.2, 0.25) is 0 Å². The summed E-state index contributed by atoms with van der Waals surface area (Å²) in [5.41, 5.74) is 3.13. The molecule has 0 bridgehead atoms. The second kappa shape index (κ2) is 6.67. The maximum atomic E-state index is 5.43. The molecule has 0 aliphatic carbocycles. The molecule has 0 aromatic heterocycles. The van der Waals surface area contributed by atoms with E-state index >= 15 is 0 Å². The van der Waals surface area contributed by atoms with Gasteiger partial charge in [-0.05, 0) is 47.9 Å². The highest BCUT2D eigenvalue weighted by molar-refractivity contribution is 7.80. The molecule has 4 heteroatoms. The summed E-state index contributed by atoms with van der Waals surface area (Å²) in [7, 11) is 4.05. The lowest BCUT2D eigenvalue weighted by Crippen LogP contribution is -2.19. The van der Waals surface area contributed by atoms with Crippen LogP contribution in [0, 0.1) is 0 Å². The van der Waals surface area contributed by atoms with Gasteiger partial charge in [0.1, 0.15) is 0 Å². The summed E-state index contributed by atoms with van der Waals surface area (Å²) in [6, 6.07) is 22.6. The lowest BCUT2D eigenvalue weighted by atomic mass is 10.1.